The fourth-order valence-corrected chi connectivity index (χ4v) is 6.29. The number of halogens is 1. The van der Waals surface area contributed by atoms with E-state index in [1.165, 1.54) is 50.4 Å². The lowest BCUT2D eigenvalue weighted by Gasteiger charge is -2.31. The van der Waals surface area contributed by atoms with E-state index in [1.54, 1.807) is 0 Å². The second-order valence-electron chi connectivity index (χ2n) is 10.6. The molecule has 7 aromatic rings. The van der Waals surface area contributed by atoms with Crippen molar-refractivity contribution in [1.29, 1.82) is 0 Å². The summed E-state index contributed by atoms with van der Waals surface area (Å²) < 4.78 is 19.9. The van der Waals surface area contributed by atoms with Crippen LogP contribution in [0.2, 0.25) is 0 Å². The Hall–Kier alpha value is -5.21. The number of fused-ring (bicyclic) bond motifs is 6. The van der Waals surface area contributed by atoms with Crippen molar-refractivity contribution in [2.75, 3.05) is 0 Å². The largest absolute Gasteiger partial charge is 0.457 e. The zero-order valence-corrected chi connectivity index (χ0v) is 22.2. The smallest absolute Gasteiger partial charge is 0.132 e. The van der Waals surface area contributed by atoms with Gasteiger partial charge in [-0.25, -0.2) is 4.39 Å². The summed E-state index contributed by atoms with van der Waals surface area (Å²) in [4.78, 5) is 0. The quantitative estimate of drug-likeness (QED) is 0.222. The van der Waals surface area contributed by atoms with Crippen molar-refractivity contribution in [1.82, 2.24) is 0 Å². The Morgan fingerprint density at radius 1 is 0.415 bits per heavy atom. The van der Waals surface area contributed by atoms with Gasteiger partial charge in [-0.3, -0.25) is 0 Å². The van der Waals surface area contributed by atoms with Gasteiger partial charge in [0.05, 0.1) is 0 Å². The Bertz CT molecular complexity index is 1970. The number of hydrogen-bond acceptors (Lipinski definition) is 1. The van der Waals surface area contributed by atoms with Crippen LogP contribution in [-0.2, 0) is 0 Å². The van der Waals surface area contributed by atoms with E-state index in [-0.39, 0.29) is 11.7 Å². The van der Waals surface area contributed by atoms with E-state index in [0.29, 0.717) is 0 Å². The van der Waals surface area contributed by atoms with Crippen LogP contribution in [0.1, 0.15) is 22.6 Å². The monoisotopic (exact) mass is 528 g/mol. The average molecular weight is 529 g/mol. The van der Waals surface area contributed by atoms with E-state index in [4.69, 9.17) is 4.74 Å². The number of rotatable bonds is 3. The van der Waals surface area contributed by atoms with Crippen LogP contribution in [0.15, 0.2) is 146 Å². The van der Waals surface area contributed by atoms with E-state index in [9.17, 15) is 4.39 Å². The van der Waals surface area contributed by atoms with E-state index in [0.717, 1.165) is 33.8 Å². The highest BCUT2D eigenvalue weighted by Gasteiger charge is 2.32. The highest BCUT2D eigenvalue weighted by atomic mass is 19.1. The van der Waals surface area contributed by atoms with Crippen LogP contribution < -0.4 is 4.74 Å². The van der Waals surface area contributed by atoms with E-state index in [1.807, 2.05) is 12.1 Å². The molecular formula is C39H25FO. The summed E-state index contributed by atoms with van der Waals surface area (Å²) in [5, 5.41) is 4.85. The van der Waals surface area contributed by atoms with E-state index >= 15 is 0 Å². The molecule has 0 fully saturated rings. The molecule has 0 radical (unpaired) electrons. The summed E-state index contributed by atoms with van der Waals surface area (Å²) in [7, 11) is 0. The third-order valence-corrected chi connectivity index (χ3v) is 8.30. The topological polar surface area (TPSA) is 9.23 Å². The third-order valence-electron chi connectivity index (χ3n) is 8.30. The average Bonchev–Trinajstić information content (AvgIpc) is 3.04. The first-order valence-electron chi connectivity index (χ1n) is 13.9. The molecule has 1 aliphatic heterocycles. The van der Waals surface area contributed by atoms with Gasteiger partial charge in [-0.15, -0.1) is 0 Å². The van der Waals surface area contributed by atoms with Crippen molar-refractivity contribution in [2.45, 2.75) is 5.92 Å². The predicted octanol–water partition coefficient (Wildman–Crippen LogP) is 10.8. The molecule has 0 amide bonds. The van der Waals surface area contributed by atoms with Crippen molar-refractivity contribution < 1.29 is 9.13 Å². The highest BCUT2D eigenvalue weighted by molar-refractivity contribution is 5.95. The van der Waals surface area contributed by atoms with Crippen LogP contribution in [0, 0.1) is 5.82 Å². The molecule has 41 heavy (non-hydrogen) atoms. The first-order valence-corrected chi connectivity index (χ1v) is 13.9. The normalized spacial score (nSPS) is 12.6. The lowest BCUT2D eigenvalue weighted by molar-refractivity contribution is 0.456. The summed E-state index contributed by atoms with van der Waals surface area (Å²) >= 11 is 0. The Morgan fingerprint density at radius 2 is 0.829 bits per heavy atom. The third kappa shape index (κ3) is 3.99. The summed E-state index contributed by atoms with van der Waals surface area (Å²) in [6.07, 6.45) is 0. The Balaban J connectivity index is 1.25. The van der Waals surface area contributed by atoms with Crippen LogP contribution in [0.3, 0.4) is 0 Å². The summed E-state index contributed by atoms with van der Waals surface area (Å²) in [6.45, 7) is 0. The number of hydrogen-bond donors (Lipinski definition) is 0. The van der Waals surface area contributed by atoms with Crippen LogP contribution >= 0.6 is 0 Å². The fourth-order valence-electron chi connectivity index (χ4n) is 6.29. The van der Waals surface area contributed by atoms with Gasteiger partial charge in [0.15, 0.2) is 0 Å². The van der Waals surface area contributed by atoms with E-state index < -0.39 is 0 Å². The minimum atomic E-state index is -0.221. The molecule has 0 atom stereocenters. The minimum absolute atomic E-state index is 0.0286. The molecule has 1 nitrogen and oxygen atoms in total. The molecule has 0 aromatic heterocycles. The lowest BCUT2D eigenvalue weighted by atomic mass is 9.78. The van der Waals surface area contributed by atoms with Crippen LogP contribution in [0.25, 0.3) is 43.8 Å². The van der Waals surface area contributed by atoms with Crippen molar-refractivity contribution in [3.63, 3.8) is 0 Å². The molecule has 0 spiro atoms. The molecule has 8 rings (SSSR count). The molecule has 0 saturated carbocycles. The maximum Gasteiger partial charge on any atom is 0.132 e. The molecule has 2 heteroatoms. The molecule has 0 N–H and O–H groups in total. The maximum atomic E-state index is 13.4. The first-order chi connectivity index (χ1) is 20.2. The SMILES string of the molecule is Fc1ccc(-c2ccc(-c3ccc(C4c5c(ccc6ccccc56)Oc5ccc6ccccc6c54)cc3)cc2)cc1. The Kier molecular flexibility index (Phi) is 5.46. The zero-order chi connectivity index (χ0) is 27.3. The maximum absolute atomic E-state index is 13.4. The van der Waals surface area contributed by atoms with Crippen LogP contribution in [-0.4, -0.2) is 0 Å². The van der Waals surface area contributed by atoms with Gasteiger partial charge in [-0.05, 0) is 73.6 Å². The summed E-state index contributed by atoms with van der Waals surface area (Å²) in [6, 6.07) is 49.7. The van der Waals surface area contributed by atoms with Gasteiger partial charge in [0.1, 0.15) is 17.3 Å². The second kappa shape index (κ2) is 9.46. The van der Waals surface area contributed by atoms with E-state index in [2.05, 4.69) is 121 Å². The highest BCUT2D eigenvalue weighted by Crippen LogP contribution is 2.52. The van der Waals surface area contributed by atoms with Crippen LogP contribution in [0.4, 0.5) is 4.39 Å². The summed E-state index contributed by atoms with van der Waals surface area (Å²) in [5.74, 6) is 1.64. The van der Waals surface area contributed by atoms with Gasteiger partial charge >= 0.3 is 0 Å². The van der Waals surface area contributed by atoms with Crippen molar-refractivity contribution in [3.8, 4) is 33.8 Å². The molecule has 0 bridgehead atoms. The predicted molar refractivity (Wildman–Crippen MR) is 166 cm³/mol. The first kappa shape index (κ1) is 23.7. The van der Waals surface area contributed by atoms with Gasteiger partial charge in [0.25, 0.3) is 0 Å². The lowest BCUT2D eigenvalue weighted by Crippen LogP contribution is -2.13. The molecule has 1 aliphatic rings. The van der Waals surface area contributed by atoms with Crippen molar-refractivity contribution in [2.24, 2.45) is 0 Å². The standard InChI is InChI=1S/C39H25FO/c40-32-21-17-28(18-22-32)26-11-9-25(10-12-26)27-13-15-31(16-14-27)37-38-33-7-3-1-5-29(33)19-23-35(38)41-36-24-20-30-6-2-4-8-34(30)39(36)37/h1-24,37H. The van der Waals surface area contributed by atoms with Crippen LogP contribution in [0.5, 0.6) is 11.5 Å². The fraction of sp³-hybridized carbons (Fsp3) is 0.0256. The molecule has 194 valence electrons. The van der Waals surface area contributed by atoms with Gasteiger partial charge in [0, 0.05) is 17.0 Å². The van der Waals surface area contributed by atoms with Gasteiger partial charge in [-0.1, -0.05) is 121 Å². The second-order valence-corrected chi connectivity index (χ2v) is 10.6. The zero-order valence-electron chi connectivity index (χ0n) is 22.2. The Labute approximate surface area is 238 Å². The molecule has 0 aliphatic carbocycles. The van der Waals surface area contributed by atoms with Gasteiger partial charge in [-0.2, -0.15) is 0 Å². The molecule has 0 unspecified atom stereocenters. The van der Waals surface area contributed by atoms with Gasteiger partial charge < -0.3 is 4.74 Å². The molecular weight excluding hydrogens is 503 g/mol. The van der Waals surface area contributed by atoms with Gasteiger partial charge in [0.2, 0.25) is 0 Å². The van der Waals surface area contributed by atoms with Crippen molar-refractivity contribution in [3.05, 3.63) is 168 Å². The molecule has 7 aromatic carbocycles. The Morgan fingerprint density at radius 3 is 1.32 bits per heavy atom. The molecule has 0 saturated heterocycles. The number of ether oxygens (including phenoxy) is 1. The summed E-state index contributed by atoms with van der Waals surface area (Å²) in [5.41, 5.74) is 8.03. The number of benzene rings is 7. The molecule has 1 heterocycles. The minimum Gasteiger partial charge on any atom is -0.457 e. The van der Waals surface area contributed by atoms with Crippen molar-refractivity contribution >= 4 is 21.5 Å².